The fraction of sp³-hybridized carbons (Fsp3) is 0.641. The van der Waals surface area contributed by atoms with Gasteiger partial charge in [-0.25, -0.2) is 0 Å². The minimum absolute atomic E-state index is 0.0454. The second-order valence-electron chi connectivity index (χ2n) is 24.2. The molecule has 2 atom stereocenters. The van der Waals surface area contributed by atoms with Crippen LogP contribution in [0.4, 0.5) is 0 Å². The van der Waals surface area contributed by atoms with Crippen LogP contribution in [0.5, 0.6) is 0 Å². The fourth-order valence-corrected chi connectivity index (χ4v) is 9.89. The third-order valence-electron chi connectivity index (χ3n) is 14.5. The molecule has 0 saturated carbocycles. The van der Waals surface area contributed by atoms with E-state index < -0.39 is 32.5 Å². The van der Waals surface area contributed by atoms with Crippen LogP contribution in [0.2, 0.25) is 0 Å². The molecule has 0 heterocycles. The number of likely N-dealkylation sites (N-methyl/N-ethyl adjacent to an activating group) is 1. The second kappa shape index (κ2) is 67.0. The summed E-state index contributed by atoms with van der Waals surface area (Å²) in [4.78, 5) is 38.1. The lowest BCUT2D eigenvalue weighted by Crippen LogP contribution is -2.37. The molecule has 500 valence electrons. The first kappa shape index (κ1) is 83.6. The lowest BCUT2D eigenvalue weighted by atomic mass is 10.0. The van der Waals surface area contributed by atoms with Gasteiger partial charge in [0, 0.05) is 12.8 Å². The largest absolute Gasteiger partial charge is 0.756 e. The third kappa shape index (κ3) is 70.7. The van der Waals surface area contributed by atoms with Gasteiger partial charge in [-0.3, -0.25) is 14.2 Å². The van der Waals surface area contributed by atoms with E-state index in [1.165, 1.54) is 122 Å². The molecule has 2 unspecified atom stereocenters. The average Bonchev–Trinajstić information content (AvgIpc) is 3.68. The monoisotopic (exact) mass is 1240 g/mol. The first-order valence-corrected chi connectivity index (χ1v) is 36.7. The van der Waals surface area contributed by atoms with E-state index in [4.69, 9.17) is 18.5 Å². The summed E-state index contributed by atoms with van der Waals surface area (Å²) >= 11 is 0. The van der Waals surface area contributed by atoms with Crippen molar-refractivity contribution >= 4 is 19.8 Å². The molecule has 0 aromatic rings. The number of phosphoric ester groups is 1. The molecule has 0 rings (SSSR count). The van der Waals surface area contributed by atoms with Crippen LogP contribution in [-0.2, 0) is 32.7 Å². The van der Waals surface area contributed by atoms with Crippen molar-refractivity contribution in [3.8, 4) is 0 Å². The third-order valence-corrected chi connectivity index (χ3v) is 15.5. The van der Waals surface area contributed by atoms with Crippen LogP contribution in [0, 0.1) is 0 Å². The van der Waals surface area contributed by atoms with Crippen molar-refractivity contribution < 1.29 is 42.1 Å². The summed E-state index contributed by atoms with van der Waals surface area (Å²) in [6.45, 7) is 4.08. The van der Waals surface area contributed by atoms with Gasteiger partial charge in [0.15, 0.2) is 6.10 Å². The van der Waals surface area contributed by atoms with E-state index in [0.29, 0.717) is 17.4 Å². The van der Waals surface area contributed by atoms with Crippen molar-refractivity contribution in [2.45, 2.75) is 277 Å². The van der Waals surface area contributed by atoms with Crippen LogP contribution < -0.4 is 4.89 Å². The van der Waals surface area contributed by atoms with E-state index in [-0.39, 0.29) is 26.1 Å². The van der Waals surface area contributed by atoms with Gasteiger partial charge < -0.3 is 27.9 Å². The molecule has 0 aliphatic rings. The Balaban J connectivity index is 4.19. The SMILES string of the molecule is CC/C=C\C/C=C\C/C=C\C/C=C\C/C=C\C/C=C\C/C=C\C/C=C\C/C=C\C/C=C\C/C=C\CCCCCC(=O)OC(COC(=O)CCCCCCCCCCCCCCCCC/C=C\C/C=C\CCCCCCC)COP(=O)([O-])OCC[N+](C)(C)C. The zero-order chi connectivity index (χ0) is 64.1. The second-order valence-corrected chi connectivity index (χ2v) is 25.6. The number of unbranched alkanes of at least 4 members (excludes halogenated alkanes) is 23. The van der Waals surface area contributed by atoms with Crippen LogP contribution in [0.3, 0.4) is 0 Å². The number of ether oxygens (including phenoxy) is 2. The van der Waals surface area contributed by atoms with Gasteiger partial charge in [0.2, 0.25) is 0 Å². The average molecular weight is 1240 g/mol. The van der Waals surface area contributed by atoms with Gasteiger partial charge in [0.1, 0.15) is 19.8 Å². The summed E-state index contributed by atoms with van der Waals surface area (Å²) in [7, 11) is 1.13. The minimum Gasteiger partial charge on any atom is -0.756 e. The number of nitrogens with zero attached hydrogens (tertiary/aromatic N) is 1. The van der Waals surface area contributed by atoms with E-state index in [2.05, 4.69) is 172 Å². The molecule has 0 aliphatic carbocycles. The van der Waals surface area contributed by atoms with Crippen molar-refractivity contribution in [3.63, 3.8) is 0 Å². The van der Waals surface area contributed by atoms with Gasteiger partial charge in [-0.05, 0) is 128 Å². The summed E-state index contributed by atoms with van der Waals surface area (Å²) in [6, 6.07) is 0. The Hall–Kier alpha value is -4.37. The number of hydrogen-bond donors (Lipinski definition) is 0. The quantitative estimate of drug-likeness (QED) is 0.0195. The maximum atomic E-state index is 12.9. The Morgan fingerprint density at radius 1 is 0.364 bits per heavy atom. The predicted octanol–water partition coefficient (Wildman–Crippen LogP) is 22.5. The van der Waals surface area contributed by atoms with Crippen LogP contribution in [0.15, 0.2) is 158 Å². The molecule has 0 aromatic carbocycles. The minimum atomic E-state index is -4.66. The van der Waals surface area contributed by atoms with E-state index in [1.54, 1.807) is 0 Å². The Labute approximate surface area is 541 Å². The first-order valence-electron chi connectivity index (χ1n) is 35.2. The highest BCUT2D eigenvalue weighted by Gasteiger charge is 2.22. The number of esters is 2. The normalized spacial score (nSPS) is 14.1. The maximum Gasteiger partial charge on any atom is 0.306 e. The molecule has 0 saturated heterocycles. The number of phosphoric acid groups is 1. The Morgan fingerprint density at radius 3 is 0.977 bits per heavy atom. The summed E-state index contributed by atoms with van der Waals surface area (Å²) < 4.78 is 34.3. The molecule has 0 spiro atoms. The van der Waals surface area contributed by atoms with Gasteiger partial charge in [-0.15, -0.1) is 0 Å². The maximum absolute atomic E-state index is 12.9. The summed E-state index contributed by atoms with van der Waals surface area (Å²) in [5, 5.41) is 0. The Morgan fingerprint density at radius 2 is 0.648 bits per heavy atom. The van der Waals surface area contributed by atoms with E-state index in [9.17, 15) is 19.0 Å². The van der Waals surface area contributed by atoms with E-state index >= 15 is 0 Å². The molecule has 0 amide bonds. The molecule has 0 fully saturated rings. The van der Waals surface area contributed by atoms with Crippen molar-refractivity contribution in [1.82, 2.24) is 0 Å². The Bertz CT molecular complexity index is 2040. The van der Waals surface area contributed by atoms with Crippen molar-refractivity contribution in [1.29, 1.82) is 0 Å². The van der Waals surface area contributed by atoms with E-state index in [0.717, 1.165) is 116 Å². The van der Waals surface area contributed by atoms with Crippen LogP contribution in [0.1, 0.15) is 271 Å². The number of carbonyl (C=O) groups is 2. The highest BCUT2D eigenvalue weighted by atomic mass is 31.2. The van der Waals surface area contributed by atoms with Crippen LogP contribution in [0.25, 0.3) is 0 Å². The molecule has 0 aromatic heterocycles. The lowest BCUT2D eigenvalue weighted by Gasteiger charge is -2.28. The molecule has 9 nitrogen and oxygen atoms in total. The van der Waals surface area contributed by atoms with Gasteiger partial charge >= 0.3 is 11.9 Å². The van der Waals surface area contributed by atoms with Gasteiger partial charge in [0.25, 0.3) is 7.82 Å². The summed E-state index contributed by atoms with van der Waals surface area (Å²) in [5.74, 6) is -0.877. The van der Waals surface area contributed by atoms with Gasteiger partial charge in [-0.2, -0.15) is 0 Å². The highest BCUT2D eigenvalue weighted by molar-refractivity contribution is 7.45. The van der Waals surface area contributed by atoms with Crippen molar-refractivity contribution in [3.05, 3.63) is 158 Å². The van der Waals surface area contributed by atoms with Crippen LogP contribution in [-0.4, -0.2) is 70.0 Å². The van der Waals surface area contributed by atoms with Crippen LogP contribution >= 0.6 is 7.82 Å². The van der Waals surface area contributed by atoms with E-state index in [1.807, 2.05) is 21.1 Å². The van der Waals surface area contributed by atoms with Gasteiger partial charge in [-0.1, -0.05) is 287 Å². The molecule has 0 aliphatic heterocycles. The number of carbonyl (C=O) groups excluding carboxylic acids is 2. The highest BCUT2D eigenvalue weighted by Crippen LogP contribution is 2.38. The molecule has 0 N–H and O–H groups in total. The molecular weight excluding hydrogens is 1110 g/mol. The zero-order valence-electron chi connectivity index (χ0n) is 56.9. The number of allylic oxidation sites excluding steroid dienone is 26. The topological polar surface area (TPSA) is 111 Å². The molecule has 0 radical (unpaired) electrons. The molecule has 10 heteroatoms. The number of rotatable bonds is 63. The molecule has 88 heavy (non-hydrogen) atoms. The number of quaternary nitrogens is 1. The standard InChI is InChI=1S/C78H130NO8P/c1-6-8-10-12-14-16-18-20-22-24-26-28-30-32-34-35-36-37-38-39-40-41-42-43-45-47-49-51-53-55-57-59-61-63-65-67-69-71-78(81)87-76(75-86-88(82,83)85-73-72-79(3,4)5)74-84-77(80)70-68-66-64-62-60-58-56-54-52-50-48-46-44-33-31-29-27-25-23-21-19-17-15-13-11-9-7-2/h8,10,14,16,19-22,25-28,32,34,36-37,39-40,42-43,47,49,53,55,59,61,76H,6-7,9,11-13,15,17-18,23-24,29-31,33,35,38,41,44-46,48,50-52,54,56-58,60,62-75H2,1-5H3/b10-8-,16-14-,21-19-,22-20-,27-25-,28-26-,34-32-,37-36-,40-39-,43-42-,49-47-,55-53-,61-59-. The molecular formula is C78H130NO8P. The smallest absolute Gasteiger partial charge is 0.306 e. The Kier molecular flexibility index (Phi) is 63.7. The summed E-state index contributed by atoms with van der Waals surface area (Å²) in [5.41, 5.74) is 0. The fourth-order valence-electron chi connectivity index (χ4n) is 9.16. The lowest BCUT2D eigenvalue weighted by molar-refractivity contribution is -0.870. The van der Waals surface area contributed by atoms with Crippen molar-refractivity contribution in [2.24, 2.45) is 0 Å². The van der Waals surface area contributed by atoms with Gasteiger partial charge in [0.05, 0.1) is 27.7 Å². The first-order chi connectivity index (χ1) is 43.0. The number of hydrogen-bond acceptors (Lipinski definition) is 8. The molecule has 0 bridgehead atoms. The zero-order valence-corrected chi connectivity index (χ0v) is 57.8. The predicted molar refractivity (Wildman–Crippen MR) is 378 cm³/mol. The summed E-state index contributed by atoms with van der Waals surface area (Å²) in [6.07, 6.45) is 100. The van der Waals surface area contributed by atoms with Crippen molar-refractivity contribution in [2.75, 3.05) is 47.5 Å².